The lowest BCUT2D eigenvalue weighted by atomic mass is 10.4. The number of hydrogen-bond acceptors (Lipinski definition) is 4. The highest BCUT2D eigenvalue weighted by Gasteiger charge is 1.99. The first-order valence-electron chi connectivity index (χ1n) is 2.72. The number of nitrogens with zero attached hydrogens (tertiary/aromatic N) is 3. The number of H-pyrrole nitrogens is 1. The molecule has 0 saturated carbocycles. The number of hydrogen-bond donors (Lipinski definition) is 1. The van der Waals surface area contributed by atoms with Gasteiger partial charge in [0, 0.05) is 6.20 Å². The molecule has 0 radical (unpaired) electrons. The molecular weight excluding hydrogens is 148 g/mol. The molecule has 4 nitrogen and oxygen atoms in total. The van der Waals surface area contributed by atoms with E-state index in [1.54, 1.807) is 29.2 Å². The zero-order chi connectivity index (χ0) is 6.81. The molecule has 0 atom stereocenters. The van der Waals surface area contributed by atoms with Gasteiger partial charge in [-0.3, -0.25) is 10.1 Å². The van der Waals surface area contributed by atoms with Crippen LogP contribution in [0.15, 0.2) is 17.9 Å². The summed E-state index contributed by atoms with van der Waals surface area (Å²) in [4.78, 5) is 4.95. The number of thiazole rings is 1. The summed E-state index contributed by atoms with van der Waals surface area (Å²) in [6.07, 6.45) is 3.51. The van der Waals surface area contributed by atoms with Gasteiger partial charge in [0.2, 0.25) is 0 Å². The quantitative estimate of drug-likeness (QED) is 0.661. The van der Waals surface area contributed by atoms with Crippen molar-refractivity contribution >= 4 is 11.3 Å². The molecule has 0 spiro atoms. The van der Waals surface area contributed by atoms with Gasteiger partial charge in [-0.15, -0.1) is 16.4 Å². The van der Waals surface area contributed by atoms with Crippen LogP contribution in [0.1, 0.15) is 0 Å². The summed E-state index contributed by atoms with van der Waals surface area (Å²) in [5.74, 6) is 0. The van der Waals surface area contributed by atoms with Crippen LogP contribution in [0.2, 0.25) is 0 Å². The first-order chi connectivity index (χ1) is 4.97. The van der Waals surface area contributed by atoms with E-state index in [0.29, 0.717) is 0 Å². The maximum Gasteiger partial charge on any atom is 0.124 e. The standard InChI is InChI=1S/C5H4N4S/c1-4(8-9-7-1)5-2-6-3-10-5/h1-3H,(H,7,8,9). The average Bonchev–Trinajstić information content (AvgIpc) is 2.59. The summed E-state index contributed by atoms with van der Waals surface area (Å²) < 4.78 is 0. The maximum absolute atomic E-state index is 3.92. The summed E-state index contributed by atoms with van der Waals surface area (Å²) in [7, 11) is 0. The van der Waals surface area contributed by atoms with E-state index in [1.807, 2.05) is 0 Å². The molecule has 5 heteroatoms. The van der Waals surface area contributed by atoms with Gasteiger partial charge in [-0.2, -0.15) is 0 Å². The Bertz CT molecular complexity index is 253. The largest absolute Gasteiger partial charge is 0.265 e. The third-order valence-electron chi connectivity index (χ3n) is 1.10. The van der Waals surface area contributed by atoms with E-state index in [9.17, 15) is 0 Å². The minimum atomic E-state index is 0.850. The van der Waals surface area contributed by atoms with E-state index in [4.69, 9.17) is 0 Å². The Hall–Kier alpha value is -1.23. The Kier molecular flexibility index (Phi) is 1.21. The molecule has 1 N–H and O–H groups in total. The normalized spacial score (nSPS) is 10.0. The molecule has 0 saturated heterocycles. The van der Waals surface area contributed by atoms with E-state index < -0.39 is 0 Å². The summed E-state index contributed by atoms with van der Waals surface area (Å²) in [5.41, 5.74) is 2.62. The van der Waals surface area contributed by atoms with Gasteiger partial charge in [-0.25, -0.2) is 0 Å². The SMILES string of the molecule is c1ncc(-c2c[nH]nn2)s1. The molecule has 0 aliphatic carbocycles. The van der Waals surface area contributed by atoms with E-state index in [1.165, 1.54) is 0 Å². The Morgan fingerprint density at radius 1 is 1.50 bits per heavy atom. The first kappa shape index (κ1) is 5.55. The average molecular weight is 152 g/mol. The van der Waals surface area contributed by atoms with Gasteiger partial charge < -0.3 is 0 Å². The van der Waals surface area contributed by atoms with Crippen molar-refractivity contribution in [2.75, 3.05) is 0 Å². The summed E-state index contributed by atoms with van der Waals surface area (Å²) in [6, 6.07) is 0. The van der Waals surface area contributed by atoms with Crippen LogP contribution >= 0.6 is 11.3 Å². The van der Waals surface area contributed by atoms with E-state index in [0.717, 1.165) is 10.6 Å². The molecular formula is C5H4N4S. The molecule has 0 aliphatic heterocycles. The van der Waals surface area contributed by atoms with Crippen LogP contribution in [0.3, 0.4) is 0 Å². The van der Waals surface area contributed by atoms with Gasteiger partial charge in [0.25, 0.3) is 0 Å². The second-order valence-electron chi connectivity index (χ2n) is 1.72. The number of aromatic nitrogens is 4. The summed E-state index contributed by atoms with van der Waals surface area (Å²) in [5, 5.41) is 10.0. The molecule has 0 amide bonds. The van der Waals surface area contributed by atoms with Gasteiger partial charge in [0.05, 0.1) is 16.6 Å². The fraction of sp³-hybridized carbons (Fsp3) is 0. The smallest absolute Gasteiger partial charge is 0.124 e. The minimum absolute atomic E-state index is 0.850. The molecule has 0 unspecified atom stereocenters. The summed E-state index contributed by atoms with van der Waals surface area (Å²) in [6.45, 7) is 0. The molecule has 0 aromatic carbocycles. The van der Waals surface area contributed by atoms with Crippen molar-refractivity contribution in [1.29, 1.82) is 0 Å². The lowest BCUT2D eigenvalue weighted by Crippen LogP contribution is -1.70. The minimum Gasteiger partial charge on any atom is -0.265 e. The van der Waals surface area contributed by atoms with Gasteiger partial charge >= 0.3 is 0 Å². The zero-order valence-electron chi connectivity index (χ0n) is 4.98. The molecule has 0 aliphatic rings. The topological polar surface area (TPSA) is 54.5 Å². The fourth-order valence-electron chi connectivity index (χ4n) is 0.664. The van der Waals surface area contributed by atoms with Crippen molar-refractivity contribution in [2.24, 2.45) is 0 Å². The Balaban J connectivity index is 2.48. The summed E-state index contributed by atoms with van der Waals surface area (Å²) >= 11 is 1.55. The van der Waals surface area contributed by atoms with Crippen molar-refractivity contribution in [1.82, 2.24) is 20.4 Å². The van der Waals surface area contributed by atoms with Crippen molar-refractivity contribution in [3.8, 4) is 10.6 Å². The highest BCUT2D eigenvalue weighted by molar-refractivity contribution is 7.13. The third-order valence-corrected chi connectivity index (χ3v) is 1.90. The van der Waals surface area contributed by atoms with Crippen LogP contribution in [0, 0.1) is 0 Å². The Labute approximate surface area is 60.9 Å². The van der Waals surface area contributed by atoms with Gasteiger partial charge in [0.1, 0.15) is 5.69 Å². The lowest BCUT2D eigenvalue weighted by Gasteiger charge is -1.80. The number of aromatic amines is 1. The van der Waals surface area contributed by atoms with E-state index >= 15 is 0 Å². The highest BCUT2D eigenvalue weighted by Crippen LogP contribution is 2.18. The van der Waals surface area contributed by atoms with E-state index in [2.05, 4.69) is 20.4 Å². The van der Waals surface area contributed by atoms with Crippen LogP contribution in [0.5, 0.6) is 0 Å². The highest BCUT2D eigenvalue weighted by atomic mass is 32.1. The maximum atomic E-state index is 3.92. The van der Waals surface area contributed by atoms with Gasteiger partial charge in [-0.05, 0) is 0 Å². The number of rotatable bonds is 1. The Morgan fingerprint density at radius 3 is 3.10 bits per heavy atom. The third kappa shape index (κ3) is 0.801. The van der Waals surface area contributed by atoms with Crippen molar-refractivity contribution < 1.29 is 0 Å². The predicted molar refractivity (Wildman–Crippen MR) is 37.5 cm³/mol. The van der Waals surface area contributed by atoms with Crippen LogP contribution in [-0.2, 0) is 0 Å². The monoisotopic (exact) mass is 152 g/mol. The van der Waals surface area contributed by atoms with Crippen molar-refractivity contribution in [2.45, 2.75) is 0 Å². The van der Waals surface area contributed by atoms with Crippen LogP contribution in [0.25, 0.3) is 10.6 Å². The first-order valence-corrected chi connectivity index (χ1v) is 3.60. The molecule has 50 valence electrons. The zero-order valence-corrected chi connectivity index (χ0v) is 5.80. The van der Waals surface area contributed by atoms with Crippen molar-refractivity contribution in [3.63, 3.8) is 0 Å². The molecule has 2 aromatic heterocycles. The van der Waals surface area contributed by atoms with Crippen LogP contribution in [0.4, 0.5) is 0 Å². The molecule has 2 aromatic rings. The Morgan fingerprint density at radius 2 is 2.50 bits per heavy atom. The van der Waals surface area contributed by atoms with E-state index in [-0.39, 0.29) is 0 Å². The van der Waals surface area contributed by atoms with Crippen LogP contribution < -0.4 is 0 Å². The van der Waals surface area contributed by atoms with Crippen molar-refractivity contribution in [3.05, 3.63) is 17.9 Å². The van der Waals surface area contributed by atoms with Gasteiger partial charge in [-0.1, -0.05) is 5.21 Å². The lowest BCUT2D eigenvalue weighted by molar-refractivity contribution is 0.942. The molecule has 0 fully saturated rings. The number of nitrogens with one attached hydrogen (secondary N) is 1. The predicted octanol–water partition coefficient (Wildman–Crippen LogP) is 0.928. The molecule has 2 rings (SSSR count). The second kappa shape index (κ2) is 2.18. The molecule has 10 heavy (non-hydrogen) atoms. The molecule has 2 heterocycles. The van der Waals surface area contributed by atoms with Gasteiger partial charge in [0.15, 0.2) is 0 Å². The second-order valence-corrected chi connectivity index (χ2v) is 2.61. The fourth-order valence-corrected chi connectivity index (χ4v) is 1.24. The molecule has 0 bridgehead atoms. The van der Waals surface area contributed by atoms with Crippen LogP contribution in [-0.4, -0.2) is 20.4 Å².